The van der Waals surface area contributed by atoms with Gasteiger partial charge in [-0.3, -0.25) is 0 Å². The highest BCUT2D eigenvalue weighted by Gasteiger charge is 2.59. The fraction of sp³-hybridized carbons (Fsp3) is 0.625. The Bertz CT molecular complexity index is 293. The van der Waals surface area contributed by atoms with Crippen LogP contribution in [-0.2, 0) is 14.3 Å². The lowest BCUT2D eigenvalue weighted by Gasteiger charge is -2.22. The molecule has 3 nitrogen and oxygen atoms in total. The lowest BCUT2D eigenvalue weighted by atomic mass is 10.3. The standard InChI is InChI=1S/C8H7F7O3/c1-4(9)2-17-3-5(16)18-6(7(10,11)12)8(13,14)15/h6H,1-3H2. The summed E-state index contributed by atoms with van der Waals surface area (Å²) < 4.78 is 90.7. The molecule has 0 aliphatic rings. The third kappa shape index (κ3) is 6.42. The molecule has 0 aromatic heterocycles. The predicted octanol–water partition coefficient (Wildman–Crippen LogP) is 2.52. The molecule has 0 heterocycles. The van der Waals surface area contributed by atoms with E-state index in [1.54, 1.807) is 0 Å². The van der Waals surface area contributed by atoms with Gasteiger partial charge in [-0.15, -0.1) is 0 Å². The van der Waals surface area contributed by atoms with Gasteiger partial charge in [-0.25, -0.2) is 9.18 Å². The average Bonchev–Trinajstić information content (AvgIpc) is 2.09. The van der Waals surface area contributed by atoms with E-state index in [0.29, 0.717) is 0 Å². The van der Waals surface area contributed by atoms with Crippen molar-refractivity contribution in [1.82, 2.24) is 0 Å². The number of hydrogen-bond donors (Lipinski definition) is 0. The maximum Gasteiger partial charge on any atom is 0.434 e. The molecule has 0 N–H and O–H groups in total. The fourth-order valence-electron chi connectivity index (χ4n) is 0.730. The third-order valence-electron chi connectivity index (χ3n) is 1.32. The Kier molecular flexibility index (Phi) is 5.58. The zero-order valence-electron chi connectivity index (χ0n) is 8.57. The van der Waals surface area contributed by atoms with E-state index >= 15 is 0 Å². The van der Waals surface area contributed by atoms with E-state index in [0.717, 1.165) is 0 Å². The summed E-state index contributed by atoms with van der Waals surface area (Å²) in [5, 5.41) is 0. The monoisotopic (exact) mass is 284 g/mol. The number of hydrogen-bond acceptors (Lipinski definition) is 3. The summed E-state index contributed by atoms with van der Waals surface area (Å²) in [5.74, 6) is -2.97. The van der Waals surface area contributed by atoms with Gasteiger partial charge in [0.15, 0.2) is 0 Å². The molecule has 10 heteroatoms. The normalized spacial score (nSPS) is 12.7. The van der Waals surface area contributed by atoms with E-state index in [2.05, 4.69) is 16.1 Å². The molecule has 0 atom stereocenters. The van der Waals surface area contributed by atoms with Gasteiger partial charge in [-0.1, -0.05) is 6.58 Å². The van der Waals surface area contributed by atoms with Crippen LogP contribution in [0.15, 0.2) is 12.4 Å². The summed E-state index contributed by atoms with van der Waals surface area (Å²) in [6.07, 6.45) is -15.8. The number of carbonyl (C=O) groups is 1. The van der Waals surface area contributed by atoms with Crippen LogP contribution in [0.5, 0.6) is 0 Å². The molecule has 0 fully saturated rings. The molecule has 0 aliphatic heterocycles. The highest BCUT2D eigenvalue weighted by atomic mass is 19.4. The summed E-state index contributed by atoms with van der Waals surface area (Å²) in [7, 11) is 0. The van der Waals surface area contributed by atoms with E-state index in [-0.39, 0.29) is 0 Å². The summed E-state index contributed by atoms with van der Waals surface area (Å²) >= 11 is 0. The highest BCUT2D eigenvalue weighted by molar-refractivity contribution is 5.71. The number of esters is 1. The minimum absolute atomic E-state index is 0.836. The topological polar surface area (TPSA) is 35.5 Å². The third-order valence-corrected chi connectivity index (χ3v) is 1.32. The molecule has 0 aromatic carbocycles. The van der Waals surface area contributed by atoms with Gasteiger partial charge in [-0.2, -0.15) is 26.3 Å². The van der Waals surface area contributed by atoms with E-state index in [1.165, 1.54) is 0 Å². The van der Waals surface area contributed by atoms with Crippen molar-refractivity contribution in [2.45, 2.75) is 18.5 Å². The molecule has 18 heavy (non-hydrogen) atoms. The van der Waals surface area contributed by atoms with Crippen LogP contribution in [0.1, 0.15) is 0 Å². The van der Waals surface area contributed by atoms with Crippen LogP contribution in [0.2, 0.25) is 0 Å². The number of alkyl halides is 6. The molecule has 106 valence electrons. The number of ether oxygens (including phenoxy) is 2. The van der Waals surface area contributed by atoms with Gasteiger partial charge in [0.1, 0.15) is 12.4 Å². The average molecular weight is 284 g/mol. The smallest absolute Gasteiger partial charge is 0.434 e. The first-order valence-electron chi connectivity index (χ1n) is 4.18. The minimum atomic E-state index is -5.79. The first kappa shape index (κ1) is 16.7. The predicted molar refractivity (Wildman–Crippen MR) is 43.1 cm³/mol. The Labute approximate surface area is 96.2 Å². The second-order valence-electron chi connectivity index (χ2n) is 2.96. The van der Waals surface area contributed by atoms with Crippen LogP contribution in [0.3, 0.4) is 0 Å². The molecule has 0 bridgehead atoms. The SMILES string of the molecule is C=C(F)COCC(=O)OC(C(F)(F)F)C(F)(F)F. The Morgan fingerprint density at radius 2 is 1.50 bits per heavy atom. The molecule has 0 aliphatic carbocycles. The van der Waals surface area contributed by atoms with Gasteiger partial charge in [0.05, 0.1) is 6.61 Å². The Morgan fingerprint density at radius 3 is 1.83 bits per heavy atom. The van der Waals surface area contributed by atoms with E-state index in [4.69, 9.17) is 0 Å². The highest BCUT2D eigenvalue weighted by Crippen LogP contribution is 2.35. The first-order chi connectivity index (χ1) is 7.94. The molecule has 0 unspecified atom stereocenters. The molecule has 0 saturated heterocycles. The van der Waals surface area contributed by atoms with Crippen molar-refractivity contribution in [2.75, 3.05) is 13.2 Å². The van der Waals surface area contributed by atoms with Gasteiger partial charge < -0.3 is 9.47 Å². The molecular formula is C8H7F7O3. The summed E-state index contributed by atoms with van der Waals surface area (Å²) in [5.41, 5.74) is 0. The fourth-order valence-corrected chi connectivity index (χ4v) is 0.730. The quantitative estimate of drug-likeness (QED) is 0.575. The van der Waals surface area contributed by atoms with Crippen LogP contribution in [0.25, 0.3) is 0 Å². The Hall–Kier alpha value is -1.32. The summed E-state index contributed by atoms with van der Waals surface area (Å²) in [4.78, 5) is 10.6. The maximum absolute atomic E-state index is 12.0. The molecule has 0 radical (unpaired) electrons. The van der Waals surface area contributed by atoms with Gasteiger partial charge in [0, 0.05) is 0 Å². The van der Waals surface area contributed by atoms with Crippen molar-refractivity contribution in [2.24, 2.45) is 0 Å². The molecule has 0 saturated carbocycles. The van der Waals surface area contributed by atoms with Crippen molar-refractivity contribution < 1.29 is 45.0 Å². The van der Waals surface area contributed by atoms with E-state index < -0.39 is 43.5 Å². The number of rotatable bonds is 5. The van der Waals surface area contributed by atoms with Crippen LogP contribution < -0.4 is 0 Å². The van der Waals surface area contributed by atoms with Crippen LogP contribution in [-0.4, -0.2) is 37.6 Å². The first-order valence-corrected chi connectivity index (χ1v) is 4.18. The molecule has 0 aromatic rings. The second-order valence-corrected chi connectivity index (χ2v) is 2.96. The van der Waals surface area contributed by atoms with Crippen LogP contribution in [0.4, 0.5) is 30.7 Å². The van der Waals surface area contributed by atoms with E-state index in [9.17, 15) is 35.5 Å². The van der Waals surface area contributed by atoms with Crippen LogP contribution >= 0.6 is 0 Å². The van der Waals surface area contributed by atoms with Crippen molar-refractivity contribution >= 4 is 5.97 Å². The van der Waals surface area contributed by atoms with Crippen molar-refractivity contribution in [1.29, 1.82) is 0 Å². The zero-order valence-corrected chi connectivity index (χ0v) is 8.57. The number of halogens is 7. The van der Waals surface area contributed by atoms with Crippen molar-refractivity contribution in [3.8, 4) is 0 Å². The molecule has 0 amide bonds. The van der Waals surface area contributed by atoms with E-state index in [1.807, 2.05) is 0 Å². The lowest BCUT2D eigenvalue weighted by Crippen LogP contribution is -2.46. The summed E-state index contributed by atoms with van der Waals surface area (Å²) in [6, 6.07) is 0. The Morgan fingerprint density at radius 1 is 1.06 bits per heavy atom. The lowest BCUT2D eigenvalue weighted by molar-refractivity contribution is -0.314. The van der Waals surface area contributed by atoms with Gasteiger partial charge >= 0.3 is 18.3 Å². The largest absolute Gasteiger partial charge is 0.441 e. The minimum Gasteiger partial charge on any atom is -0.441 e. The molecule has 0 rings (SSSR count). The number of carbonyl (C=O) groups excluding carboxylic acids is 1. The zero-order chi connectivity index (χ0) is 14.6. The van der Waals surface area contributed by atoms with Crippen molar-refractivity contribution in [3.63, 3.8) is 0 Å². The van der Waals surface area contributed by atoms with Gasteiger partial charge in [-0.05, 0) is 0 Å². The van der Waals surface area contributed by atoms with Gasteiger partial charge in [0.25, 0.3) is 6.10 Å². The Balaban J connectivity index is 4.43. The van der Waals surface area contributed by atoms with Gasteiger partial charge in [0.2, 0.25) is 0 Å². The molecular weight excluding hydrogens is 277 g/mol. The van der Waals surface area contributed by atoms with Crippen molar-refractivity contribution in [3.05, 3.63) is 12.4 Å². The second kappa shape index (κ2) is 6.03. The van der Waals surface area contributed by atoms with Crippen LogP contribution in [0, 0.1) is 0 Å². The summed E-state index contributed by atoms with van der Waals surface area (Å²) in [6.45, 7) is 0.594. The maximum atomic E-state index is 12.0. The molecule has 0 spiro atoms.